The molecular weight excluding hydrogens is 290 g/mol. The number of hydrogen-bond acceptors (Lipinski definition) is 6. The summed E-state index contributed by atoms with van der Waals surface area (Å²) < 4.78 is 2.09. The van der Waals surface area contributed by atoms with Crippen molar-refractivity contribution in [3.63, 3.8) is 0 Å². The average Bonchev–Trinajstić information content (AvgIpc) is 2.95. The fourth-order valence-electron chi connectivity index (χ4n) is 2.80. The first kappa shape index (κ1) is 14.1. The van der Waals surface area contributed by atoms with Gasteiger partial charge in [0.1, 0.15) is 23.1 Å². The first-order chi connectivity index (χ1) is 10.2. The lowest BCUT2D eigenvalue weighted by Gasteiger charge is -2.33. The lowest BCUT2D eigenvalue weighted by molar-refractivity contribution is 0.471. The molecule has 8 heteroatoms. The molecule has 0 radical (unpaired) electrons. The van der Waals surface area contributed by atoms with Crippen molar-refractivity contribution in [1.29, 1.82) is 0 Å². The number of aromatic nitrogens is 5. The van der Waals surface area contributed by atoms with Crippen LogP contribution in [0.15, 0.2) is 12.4 Å². The first-order valence-electron chi connectivity index (χ1n) is 7.10. The van der Waals surface area contributed by atoms with Gasteiger partial charge in [-0.1, -0.05) is 11.6 Å². The quantitative estimate of drug-likeness (QED) is 0.869. The van der Waals surface area contributed by atoms with Gasteiger partial charge in [0.2, 0.25) is 5.95 Å². The fourth-order valence-corrected chi connectivity index (χ4v) is 2.99. The van der Waals surface area contributed by atoms with Crippen LogP contribution < -0.4 is 10.6 Å². The van der Waals surface area contributed by atoms with Gasteiger partial charge in [0.05, 0.1) is 0 Å². The molecule has 3 heterocycles. The lowest BCUT2D eigenvalue weighted by Crippen LogP contribution is -2.36. The highest BCUT2D eigenvalue weighted by molar-refractivity contribution is 6.29. The van der Waals surface area contributed by atoms with Crippen LogP contribution in [-0.4, -0.2) is 37.8 Å². The Balaban J connectivity index is 1.82. The third kappa shape index (κ3) is 2.92. The summed E-state index contributed by atoms with van der Waals surface area (Å²) in [7, 11) is 0. The summed E-state index contributed by atoms with van der Waals surface area (Å²) in [6.07, 6.45) is 3.96. The zero-order chi connectivity index (χ0) is 14.8. The highest BCUT2D eigenvalue weighted by Crippen LogP contribution is 2.29. The Morgan fingerprint density at radius 2 is 2.29 bits per heavy atom. The number of nitrogens with two attached hydrogens (primary N) is 1. The standard InChI is InChI=1S/C13H18ClN7/c1-2-20-8-16-19-12(20)9-4-3-5-21(7-9)11-6-10(14)17-13(15)18-11/h6,8-9H,2-5,7H2,1H3,(H2,15,17,18). The van der Waals surface area contributed by atoms with Gasteiger partial charge in [-0.15, -0.1) is 10.2 Å². The van der Waals surface area contributed by atoms with E-state index in [9.17, 15) is 0 Å². The zero-order valence-corrected chi connectivity index (χ0v) is 12.7. The van der Waals surface area contributed by atoms with Crippen molar-refractivity contribution < 1.29 is 0 Å². The second kappa shape index (κ2) is 5.85. The van der Waals surface area contributed by atoms with Crippen molar-refractivity contribution in [3.05, 3.63) is 23.4 Å². The van der Waals surface area contributed by atoms with E-state index in [1.165, 1.54) is 0 Å². The predicted molar refractivity (Wildman–Crippen MR) is 81.3 cm³/mol. The van der Waals surface area contributed by atoms with Crippen LogP contribution in [0.3, 0.4) is 0 Å². The number of halogens is 1. The molecule has 112 valence electrons. The van der Waals surface area contributed by atoms with E-state index in [2.05, 4.69) is 36.6 Å². The second-order valence-electron chi connectivity index (χ2n) is 5.17. The van der Waals surface area contributed by atoms with Crippen LogP contribution in [0.1, 0.15) is 31.5 Å². The minimum Gasteiger partial charge on any atom is -0.368 e. The number of rotatable bonds is 3. The van der Waals surface area contributed by atoms with Crippen molar-refractivity contribution >= 4 is 23.4 Å². The molecule has 2 aromatic heterocycles. The molecule has 1 unspecified atom stereocenters. The van der Waals surface area contributed by atoms with E-state index < -0.39 is 0 Å². The number of hydrogen-bond donors (Lipinski definition) is 1. The van der Waals surface area contributed by atoms with E-state index in [4.69, 9.17) is 17.3 Å². The Morgan fingerprint density at radius 1 is 1.43 bits per heavy atom. The number of nitrogen functional groups attached to an aromatic ring is 1. The molecule has 0 saturated carbocycles. The molecular formula is C13H18ClN7. The number of anilines is 2. The summed E-state index contributed by atoms with van der Waals surface area (Å²) in [6, 6.07) is 1.75. The number of nitrogens with zero attached hydrogens (tertiary/aromatic N) is 6. The van der Waals surface area contributed by atoms with Gasteiger partial charge < -0.3 is 15.2 Å². The van der Waals surface area contributed by atoms with Crippen molar-refractivity contribution in [2.24, 2.45) is 0 Å². The van der Waals surface area contributed by atoms with E-state index in [0.717, 1.165) is 44.1 Å². The molecule has 1 atom stereocenters. The molecule has 2 aromatic rings. The molecule has 0 amide bonds. The average molecular weight is 308 g/mol. The monoisotopic (exact) mass is 307 g/mol. The Kier molecular flexibility index (Phi) is 3.92. The number of piperidine rings is 1. The summed E-state index contributed by atoms with van der Waals surface area (Å²) in [4.78, 5) is 10.4. The van der Waals surface area contributed by atoms with Crippen molar-refractivity contribution in [2.75, 3.05) is 23.7 Å². The third-order valence-electron chi connectivity index (χ3n) is 3.80. The molecule has 1 aliphatic rings. The SMILES string of the molecule is CCn1cnnc1C1CCCN(c2cc(Cl)nc(N)n2)C1. The van der Waals surface area contributed by atoms with Crippen LogP contribution in [0.2, 0.25) is 5.15 Å². The van der Waals surface area contributed by atoms with E-state index >= 15 is 0 Å². The zero-order valence-electron chi connectivity index (χ0n) is 11.9. The molecule has 1 fully saturated rings. The van der Waals surface area contributed by atoms with Gasteiger partial charge in [0, 0.05) is 31.6 Å². The summed E-state index contributed by atoms with van der Waals surface area (Å²) in [5.74, 6) is 2.36. The molecule has 1 aliphatic heterocycles. The van der Waals surface area contributed by atoms with Crippen LogP contribution in [-0.2, 0) is 6.54 Å². The van der Waals surface area contributed by atoms with Crippen LogP contribution in [0.4, 0.5) is 11.8 Å². The largest absolute Gasteiger partial charge is 0.368 e. The Morgan fingerprint density at radius 3 is 3.05 bits per heavy atom. The molecule has 0 bridgehead atoms. The molecule has 0 spiro atoms. The Bertz CT molecular complexity index is 606. The summed E-state index contributed by atoms with van der Waals surface area (Å²) >= 11 is 5.97. The summed E-state index contributed by atoms with van der Waals surface area (Å²) in [5.41, 5.74) is 5.68. The Hall–Kier alpha value is -1.89. The minimum atomic E-state index is 0.205. The van der Waals surface area contributed by atoms with Gasteiger partial charge >= 0.3 is 0 Å². The fraction of sp³-hybridized carbons (Fsp3) is 0.538. The van der Waals surface area contributed by atoms with Gasteiger partial charge in [0.15, 0.2) is 0 Å². The highest BCUT2D eigenvalue weighted by Gasteiger charge is 2.26. The van der Waals surface area contributed by atoms with Gasteiger partial charge in [-0.2, -0.15) is 4.98 Å². The maximum Gasteiger partial charge on any atom is 0.223 e. The van der Waals surface area contributed by atoms with E-state index in [0.29, 0.717) is 11.1 Å². The van der Waals surface area contributed by atoms with Crippen molar-refractivity contribution in [3.8, 4) is 0 Å². The molecule has 7 nitrogen and oxygen atoms in total. The topological polar surface area (TPSA) is 85.8 Å². The van der Waals surface area contributed by atoms with E-state index in [-0.39, 0.29) is 5.95 Å². The van der Waals surface area contributed by atoms with Gasteiger partial charge in [-0.3, -0.25) is 0 Å². The van der Waals surface area contributed by atoms with Crippen molar-refractivity contribution in [1.82, 2.24) is 24.7 Å². The summed E-state index contributed by atoms with van der Waals surface area (Å²) in [5, 5.41) is 8.67. The van der Waals surface area contributed by atoms with Gasteiger partial charge in [0.25, 0.3) is 0 Å². The molecule has 3 rings (SSSR count). The van der Waals surface area contributed by atoms with Crippen LogP contribution in [0, 0.1) is 0 Å². The normalized spacial score (nSPS) is 19.0. The molecule has 2 N–H and O–H groups in total. The minimum absolute atomic E-state index is 0.205. The third-order valence-corrected chi connectivity index (χ3v) is 3.99. The molecule has 1 saturated heterocycles. The number of aryl methyl sites for hydroxylation is 1. The van der Waals surface area contributed by atoms with Gasteiger partial charge in [-0.25, -0.2) is 4.98 Å². The van der Waals surface area contributed by atoms with Crippen molar-refractivity contribution in [2.45, 2.75) is 32.2 Å². The molecule has 0 aliphatic carbocycles. The maximum atomic E-state index is 5.97. The lowest BCUT2D eigenvalue weighted by atomic mass is 9.97. The van der Waals surface area contributed by atoms with E-state index in [1.807, 2.05) is 0 Å². The summed E-state index contributed by atoms with van der Waals surface area (Å²) in [6.45, 7) is 4.75. The van der Waals surface area contributed by atoms with Crippen LogP contribution >= 0.6 is 11.6 Å². The second-order valence-corrected chi connectivity index (χ2v) is 5.55. The van der Waals surface area contributed by atoms with Crippen LogP contribution in [0.25, 0.3) is 0 Å². The molecule has 0 aromatic carbocycles. The maximum absolute atomic E-state index is 5.97. The molecule has 21 heavy (non-hydrogen) atoms. The Labute approximate surface area is 128 Å². The first-order valence-corrected chi connectivity index (χ1v) is 7.48. The van der Waals surface area contributed by atoms with Gasteiger partial charge in [-0.05, 0) is 19.8 Å². The highest BCUT2D eigenvalue weighted by atomic mass is 35.5. The van der Waals surface area contributed by atoms with E-state index in [1.54, 1.807) is 12.4 Å². The van der Waals surface area contributed by atoms with Crippen LogP contribution in [0.5, 0.6) is 0 Å². The smallest absolute Gasteiger partial charge is 0.223 e. The predicted octanol–water partition coefficient (Wildman–Crippen LogP) is 1.71.